The second-order valence-corrected chi connectivity index (χ2v) is 6.38. The van der Waals surface area contributed by atoms with Crippen LogP contribution in [0.25, 0.3) is 11.3 Å². The highest BCUT2D eigenvalue weighted by Gasteiger charge is 2.25. The average molecular weight is 328 g/mol. The number of hydrogen-bond donors (Lipinski definition) is 2. The largest absolute Gasteiger partial charge is 0.367 e. The first-order chi connectivity index (χ1) is 11.2. The van der Waals surface area contributed by atoms with Gasteiger partial charge in [-0.3, -0.25) is 5.10 Å². The first-order valence-corrected chi connectivity index (χ1v) is 8.30. The fourth-order valence-electron chi connectivity index (χ4n) is 2.54. The summed E-state index contributed by atoms with van der Waals surface area (Å²) in [5.41, 5.74) is 3.87. The van der Waals surface area contributed by atoms with Gasteiger partial charge in [0.05, 0.1) is 35.2 Å². The number of aryl methyl sites for hydroxylation is 1. The molecule has 8 heteroatoms. The number of aromatic amines is 1. The second kappa shape index (κ2) is 5.71. The summed E-state index contributed by atoms with van der Waals surface area (Å²) in [5.74, 6) is 0.565. The molecule has 4 heterocycles. The van der Waals surface area contributed by atoms with Gasteiger partial charge in [0.2, 0.25) is 5.95 Å². The van der Waals surface area contributed by atoms with Crippen LogP contribution in [0.3, 0.4) is 0 Å². The van der Waals surface area contributed by atoms with E-state index in [0.717, 1.165) is 39.1 Å². The van der Waals surface area contributed by atoms with Crippen LogP contribution >= 0.6 is 11.3 Å². The summed E-state index contributed by atoms with van der Waals surface area (Å²) >= 11 is 1.56. The fraction of sp³-hybridized carbons (Fsp3) is 0.333. The minimum absolute atomic E-state index is 0.0186. The molecule has 0 radical (unpaired) electrons. The van der Waals surface area contributed by atoms with Crippen molar-refractivity contribution in [1.29, 1.82) is 0 Å². The molecule has 1 aliphatic rings. The van der Waals surface area contributed by atoms with Crippen LogP contribution in [0.4, 0.5) is 11.1 Å². The van der Waals surface area contributed by atoms with E-state index in [4.69, 9.17) is 9.72 Å². The summed E-state index contributed by atoms with van der Waals surface area (Å²) < 4.78 is 5.85. The van der Waals surface area contributed by atoms with Crippen LogP contribution in [-0.4, -0.2) is 25.1 Å². The van der Waals surface area contributed by atoms with Crippen molar-refractivity contribution in [2.45, 2.75) is 33.0 Å². The number of ether oxygens (including phenoxy) is 1. The van der Waals surface area contributed by atoms with Crippen molar-refractivity contribution in [2.75, 3.05) is 5.32 Å². The molecule has 23 heavy (non-hydrogen) atoms. The SMILES string of the molecule is CCc1ccnc(Nc2nc3c(s2)COC(C)c2[nH]ncc2-3)n1. The molecule has 1 aliphatic heterocycles. The first-order valence-electron chi connectivity index (χ1n) is 7.48. The number of H-pyrrole nitrogens is 1. The van der Waals surface area contributed by atoms with E-state index in [2.05, 4.69) is 32.4 Å². The maximum atomic E-state index is 5.85. The van der Waals surface area contributed by atoms with Crippen molar-refractivity contribution in [2.24, 2.45) is 0 Å². The zero-order valence-electron chi connectivity index (χ0n) is 12.8. The van der Waals surface area contributed by atoms with Gasteiger partial charge in [0, 0.05) is 17.5 Å². The quantitative estimate of drug-likeness (QED) is 0.767. The number of rotatable bonds is 3. The van der Waals surface area contributed by atoms with Crippen molar-refractivity contribution in [3.63, 3.8) is 0 Å². The fourth-order valence-corrected chi connectivity index (χ4v) is 3.43. The summed E-state index contributed by atoms with van der Waals surface area (Å²) in [6, 6.07) is 1.91. The molecule has 4 rings (SSSR count). The molecule has 3 aromatic rings. The van der Waals surface area contributed by atoms with E-state index in [1.54, 1.807) is 23.7 Å². The molecule has 2 N–H and O–H groups in total. The molecule has 1 atom stereocenters. The first kappa shape index (κ1) is 14.3. The number of aromatic nitrogens is 5. The van der Waals surface area contributed by atoms with Gasteiger partial charge < -0.3 is 10.1 Å². The summed E-state index contributed by atoms with van der Waals surface area (Å²) in [6.07, 6.45) is 4.41. The molecule has 0 aliphatic carbocycles. The minimum atomic E-state index is -0.0186. The summed E-state index contributed by atoms with van der Waals surface area (Å²) in [6.45, 7) is 4.61. The Morgan fingerprint density at radius 2 is 2.35 bits per heavy atom. The van der Waals surface area contributed by atoms with Gasteiger partial charge in [-0.05, 0) is 19.4 Å². The summed E-state index contributed by atoms with van der Waals surface area (Å²) in [7, 11) is 0. The van der Waals surface area contributed by atoms with Crippen LogP contribution in [0.15, 0.2) is 18.5 Å². The zero-order valence-corrected chi connectivity index (χ0v) is 13.6. The standard InChI is InChI=1S/C15H16N6OS/c1-3-9-4-5-16-14(18-9)20-15-19-13-10-6-17-21-12(10)8(2)22-7-11(13)23-15/h4-6,8H,3,7H2,1-2H3,(H,17,21)(H,16,18,19,20). The van der Waals surface area contributed by atoms with Gasteiger partial charge in [0.25, 0.3) is 0 Å². The van der Waals surface area contributed by atoms with Gasteiger partial charge in [0.15, 0.2) is 5.13 Å². The van der Waals surface area contributed by atoms with Gasteiger partial charge in [-0.2, -0.15) is 5.10 Å². The Morgan fingerprint density at radius 3 is 3.22 bits per heavy atom. The Kier molecular flexibility index (Phi) is 3.55. The minimum Gasteiger partial charge on any atom is -0.367 e. The van der Waals surface area contributed by atoms with Crippen molar-refractivity contribution in [3.8, 4) is 11.3 Å². The van der Waals surface area contributed by atoms with E-state index in [9.17, 15) is 0 Å². The second-order valence-electron chi connectivity index (χ2n) is 5.29. The lowest BCUT2D eigenvalue weighted by Crippen LogP contribution is -1.99. The van der Waals surface area contributed by atoms with Crippen LogP contribution in [-0.2, 0) is 17.8 Å². The van der Waals surface area contributed by atoms with E-state index in [1.807, 2.05) is 13.0 Å². The lowest BCUT2D eigenvalue weighted by molar-refractivity contribution is 0.0537. The molecule has 0 bridgehead atoms. The third kappa shape index (κ3) is 2.60. The molecular formula is C15H16N6OS. The summed E-state index contributed by atoms with van der Waals surface area (Å²) in [5, 5.41) is 11.1. The Bertz CT molecular complexity index is 842. The Morgan fingerprint density at radius 1 is 1.43 bits per heavy atom. The maximum Gasteiger partial charge on any atom is 0.229 e. The molecule has 0 aromatic carbocycles. The monoisotopic (exact) mass is 328 g/mol. The number of thiazole rings is 1. The highest BCUT2D eigenvalue weighted by atomic mass is 32.1. The smallest absolute Gasteiger partial charge is 0.229 e. The number of nitrogens with zero attached hydrogens (tertiary/aromatic N) is 4. The van der Waals surface area contributed by atoms with Crippen molar-refractivity contribution >= 4 is 22.4 Å². The average Bonchev–Trinajstić information content (AvgIpc) is 3.17. The normalized spacial score (nSPS) is 16.5. The molecule has 0 amide bonds. The number of anilines is 2. The van der Waals surface area contributed by atoms with Gasteiger partial charge in [-0.1, -0.05) is 18.3 Å². The highest BCUT2D eigenvalue weighted by Crippen LogP contribution is 2.39. The molecule has 1 unspecified atom stereocenters. The van der Waals surface area contributed by atoms with Crippen LogP contribution < -0.4 is 5.32 Å². The molecule has 3 aromatic heterocycles. The van der Waals surface area contributed by atoms with E-state index < -0.39 is 0 Å². The molecule has 0 saturated carbocycles. The predicted molar refractivity (Wildman–Crippen MR) is 87.6 cm³/mol. The third-order valence-electron chi connectivity index (χ3n) is 3.79. The van der Waals surface area contributed by atoms with E-state index in [-0.39, 0.29) is 6.10 Å². The molecule has 118 valence electrons. The van der Waals surface area contributed by atoms with E-state index >= 15 is 0 Å². The number of nitrogens with one attached hydrogen (secondary N) is 2. The van der Waals surface area contributed by atoms with Gasteiger partial charge in [-0.15, -0.1) is 0 Å². The maximum absolute atomic E-state index is 5.85. The van der Waals surface area contributed by atoms with Crippen molar-refractivity contribution < 1.29 is 4.74 Å². The molecule has 7 nitrogen and oxygen atoms in total. The number of hydrogen-bond acceptors (Lipinski definition) is 7. The highest BCUT2D eigenvalue weighted by molar-refractivity contribution is 7.16. The molecule has 0 fully saturated rings. The van der Waals surface area contributed by atoms with E-state index in [1.165, 1.54) is 0 Å². The van der Waals surface area contributed by atoms with Crippen LogP contribution in [0.5, 0.6) is 0 Å². The van der Waals surface area contributed by atoms with Crippen LogP contribution in [0.2, 0.25) is 0 Å². The van der Waals surface area contributed by atoms with Crippen LogP contribution in [0, 0.1) is 0 Å². The van der Waals surface area contributed by atoms with Crippen molar-refractivity contribution in [3.05, 3.63) is 34.7 Å². The Balaban J connectivity index is 1.68. The van der Waals surface area contributed by atoms with E-state index in [0.29, 0.717) is 12.6 Å². The van der Waals surface area contributed by atoms with Crippen LogP contribution in [0.1, 0.15) is 36.2 Å². The molecule has 0 saturated heterocycles. The lowest BCUT2D eigenvalue weighted by Gasteiger charge is -2.08. The molecule has 0 spiro atoms. The Hall–Kier alpha value is -2.32. The van der Waals surface area contributed by atoms with Crippen molar-refractivity contribution in [1.82, 2.24) is 25.1 Å². The predicted octanol–water partition coefficient (Wildman–Crippen LogP) is 3.22. The van der Waals surface area contributed by atoms with Gasteiger partial charge in [-0.25, -0.2) is 15.0 Å². The summed E-state index contributed by atoms with van der Waals surface area (Å²) in [4.78, 5) is 14.5. The lowest BCUT2D eigenvalue weighted by atomic mass is 10.1. The Labute approximate surface area is 137 Å². The third-order valence-corrected chi connectivity index (χ3v) is 4.73. The van der Waals surface area contributed by atoms with Gasteiger partial charge >= 0.3 is 0 Å². The molecular weight excluding hydrogens is 312 g/mol. The topological polar surface area (TPSA) is 88.6 Å². The van der Waals surface area contributed by atoms with Gasteiger partial charge in [0.1, 0.15) is 0 Å². The number of fused-ring (bicyclic) bond motifs is 3. The zero-order chi connectivity index (χ0) is 15.8.